The third-order valence-electron chi connectivity index (χ3n) is 8.05. The van der Waals surface area contributed by atoms with Crippen LogP contribution in [0.4, 0.5) is 21.7 Å². The van der Waals surface area contributed by atoms with Gasteiger partial charge in [-0.3, -0.25) is 4.79 Å². The number of hydrogen-bond donors (Lipinski definition) is 2. The van der Waals surface area contributed by atoms with E-state index in [4.69, 9.17) is 26.8 Å². The number of nitrogens with zero attached hydrogens (tertiary/aromatic N) is 3. The second-order valence-corrected chi connectivity index (χ2v) is 11.4. The third-order valence-corrected chi connectivity index (χ3v) is 8.30. The van der Waals surface area contributed by atoms with Crippen LogP contribution < -0.4 is 25.8 Å². The van der Waals surface area contributed by atoms with Gasteiger partial charge < -0.3 is 24.9 Å². The average molecular weight is 643 g/mol. The van der Waals surface area contributed by atoms with Gasteiger partial charge in [-0.15, -0.1) is 0 Å². The number of methoxy groups -OCH3 is 2. The van der Waals surface area contributed by atoms with Crippen molar-refractivity contribution in [2.75, 3.05) is 31.7 Å². The molecule has 0 spiro atoms. The van der Waals surface area contributed by atoms with Crippen molar-refractivity contribution < 1.29 is 19.1 Å². The van der Waals surface area contributed by atoms with Crippen LogP contribution in [-0.4, -0.2) is 35.5 Å². The van der Waals surface area contributed by atoms with Gasteiger partial charge in [-0.25, -0.2) is 4.98 Å². The van der Waals surface area contributed by atoms with Gasteiger partial charge in [0.2, 0.25) is 5.43 Å². The van der Waals surface area contributed by atoms with Crippen LogP contribution in [0.25, 0.3) is 33.4 Å². The van der Waals surface area contributed by atoms with Gasteiger partial charge in [0, 0.05) is 53.5 Å². The molecule has 238 valence electrons. The molecule has 0 saturated heterocycles. The van der Waals surface area contributed by atoms with E-state index in [2.05, 4.69) is 4.98 Å². The number of rotatable bonds is 12. The summed E-state index contributed by atoms with van der Waals surface area (Å²) in [6.45, 7) is 2.60. The Morgan fingerprint density at radius 3 is 2.22 bits per heavy atom. The van der Waals surface area contributed by atoms with Crippen molar-refractivity contribution in [2.45, 2.75) is 26.3 Å². The molecule has 8 nitrogen and oxygen atoms in total. The number of halogens is 2. The lowest BCUT2D eigenvalue weighted by molar-refractivity contribution is 0.243. The number of hydrogen-bond acceptors (Lipinski definition) is 7. The zero-order chi connectivity index (χ0) is 32.8. The molecule has 0 aliphatic carbocycles. The van der Waals surface area contributed by atoms with Gasteiger partial charge >= 0.3 is 0 Å². The van der Waals surface area contributed by atoms with E-state index in [1.165, 1.54) is 6.20 Å². The SMILES string of the molecule is CCC(CCO)Cn1cc(-c2ccc(Cl)cc2)c(=O)c(N(F)c2ccc(-c3cc(-c4ccc(OC)c(OC)c4)cnc3N)cc2)c1. The first-order valence-electron chi connectivity index (χ1n) is 14.9. The molecule has 0 aliphatic rings. The van der Waals surface area contributed by atoms with Gasteiger partial charge in [0.15, 0.2) is 11.5 Å². The second-order valence-electron chi connectivity index (χ2n) is 10.9. The smallest absolute Gasteiger partial charge is 0.215 e. The fourth-order valence-electron chi connectivity index (χ4n) is 5.39. The molecule has 0 fully saturated rings. The van der Waals surface area contributed by atoms with E-state index >= 15 is 4.48 Å². The topological polar surface area (TPSA) is 103 Å². The number of aromatic nitrogens is 2. The van der Waals surface area contributed by atoms with Crippen molar-refractivity contribution in [3.63, 3.8) is 0 Å². The van der Waals surface area contributed by atoms with Crippen molar-refractivity contribution in [3.05, 3.63) is 107 Å². The molecule has 0 aliphatic heterocycles. The maximum absolute atomic E-state index is 16.2. The summed E-state index contributed by atoms with van der Waals surface area (Å²) < 4.78 is 28.8. The third kappa shape index (κ3) is 7.01. The minimum absolute atomic E-state index is 0.0500. The largest absolute Gasteiger partial charge is 0.493 e. The van der Waals surface area contributed by atoms with Crippen LogP contribution in [-0.2, 0) is 6.54 Å². The summed E-state index contributed by atoms with van der Waals surface area (Å²) in [5.74, 6) is 1.67. The maximum Gasteiger partial charge on any atom is 0.215 e. The molecule has 0 saturated carbocycles. The molecule has 3 aromatic carbocycles. The Morgan fingerprint density at radius 2 is 1.57 bits per heavy atom. The summed E-state index contributed by atoms with van der Waals surface area (Å²) in [6.07, 6.45) is 6.35. The predicted octanol–water partition coefficient (Wildman–Crippen LogP) is 7.93. The number of anilines is 3. The molecule has 1 unspecified atom stereocenters. The van der Waals surface area contributed by atoms with Crippen LogP contribution in [0, 0.1) is 5.92 Å². The molecule has 0 radical (unpaired) electrons. The summed E-state index contributed by atoms with van der Waals surface area (Å²) in [6, 6.07) is 21.0. The molecular weight excluding hydrogens is 607 g/mol. The number of nitrogens with two attached hydrogens (primary N) is 1. The molecule has 46 heavy (non-hydrogen) atoms. The number of ether oxygens (including phenoxy) is 2. The van der Waals surface area contributed by atoms with Crippen LogP contribution in [0.5, 0.6) is 11.5 Å². The molecule has 5 rings (SSSR count). The summed E-state index contributed by atoms with van der Waals surface area (Å²) >= 11 is 6.09. The molecule has 5 aromatic rings. The highest BCUT2D eigenvalue weighted by Gasteiger charge is 2.19. The van der Waals surface area contributed by atoms with E-state index in [1.807, 2.05) is 35.8 Å². The first kappa shape index (κ1) is 32.5. The van der Waals surface area contributed by atoms with Gasteiger partial charge in [0.1, 0.15) is 11.5 Å². The molecular formula is C36H36ClFN4O4. The van der Waals surface area contributed by atoms with E-state index in [0.29, 0.717) is 57.1 Å². The number of nitrogen functional groups attached to an aromatic ring is 1. The highest BCUT2D eigenvalue weighted by molar-refractivity contribution is 6.30. The lowest BCUT2D eigenvalue weighted by Gasteiger charge is -2.20. The standard InChI is InChI=1S/C36H36ClFN4O4/c1-4-23(15-16-43)20-41-21-31(25-5-10-28(37)11-6-25)35(44)32(22-41)42(38)29-12-7-24(8-13-29)30-17-27(19-40-36(30)39)26-9-14-33(45-2)34(18-26)46-3/h5-14,17-19,21-23,43H,4,15-16,20H2,1-3H3,(H2,39,40). The first-order valence-corrected chi connectivity index (χ1v) is 15.3. The van der Waals surface area contributed by atoms with Gasteiger partial charge in [-0.1, -0.05) is 59.8 Å². The van der Waals surface area contributed by atoms with E-state index in [1.54, 1.807) is 75.1 Å². The van der Waals surface area contributed by atoms with Crippen molar-refractivity contribution in [2.24, 2.45) is 5.92 Å². The Balaban J connectivity index is 1.49. The molecule has 3 N–H and O–H groups in total. The molecule has 2 heterocycles. The zero-order valence-electron chi connectivity index (χ0n) is 25.9. The van der Waals surface area contributed by atoms with Crippen LogP contribution in [0.15, 0.2) is 96.2 Å². The van der Waals surface area contributed by atoms with E-state index in [9.17, 15) is 9.90 Å². The number of benzene rings is 3. The van der Waals surface area contributed by atoms with Gasteiger partial charge in [0.25, 0.3) is 0 Å². The van der Waals surface area contributed by atoms with Crippen LogP contribution in [0.2, 0.25) is 5.02 Å². The minimum atomic E-state index is -0.462. The normalized spacial score (nSPS) is 11.7. The minimum Gasteiger partial charge on any atom is -0.493 e. The highest BCUT2D eigenvalue weighted by atomic mass is 35.5. The fourth-order valence-corrected chi connectivity index (χ4v) is 5.52. The number of aliphatic hydroxyl groups excluding tert-OH is 1. The molecule has 0 bridgehead atoms. The predicted molar refractivity (Wildman–Crippen MR) is 183 cm³/mol. The molecule has 2 aromatic heterocycles. The Kier molecular flexibility index (Phi) is 10.2. The summed E-state index contributed by atoms with van der Waals surface area (Å²) in [5.41, 5.74) is 9.90. The van der Waals surface area contributed by atoms with Crippen LogP contribution >= 0.6 is 11.6 Å². The van der Waals surface area contributed by atoms with E-state index in [0.717, 1.165) is 23.1 Å². The van der Waals surface area contributed by atoms with Gasteiger partial charge in [-0.05, 0) is 71.5 Å². The summed E-state index contributed by atoms with van der Waals surface area (Å²) in [5, 5.41) is 10.4. The second kappa shape index (κ2) is 14.5. The number of pyridine rings is 2. The Bertz CT molecular complexity index is 1860. The zero-order valence-corrected chi connectivity index (χ0v) is 26.7. The number of aliphatic hydroxyl groups is 1. The van der Waals surface area contributed by atoms with E-state index in [-0.39, 0.29) is 23.9 Å². The lowest BCUT2D eigenvalue weighted by Crippen LogP contribution is -2.21. The van der Waals surface area contributed by atoms with Crippen LogP contribution in [0.1, 0.15) is 19.8 Å². The molecule has 0 amide bonds. The lowest BCUT2D eigenvalue weighted by atomic mass is 10.0. The Hall–Kier alpha value is -4.86. The first-order chi connectivity index (χ1) is 22.3. The highest BCUT2D eigenvalue weighted by Crippen LogP contribution is 2.36. The van der Waals surface area contributed by atoms with Crippen LogP contribution in [0.3, 0.4) is 0 Å². The van der Waals surface area contributed by atoms with Gasteiger partial charge in [0.05, 0.1) is 19.9 Å². The van der Waals surface area contributed by atoms with Crippen molar-refractivity contribution in [1.82, 2.24) is 9.55 Å². The van der Waals surface area contributed by atoms with Gasteiger partial charge in [-0.2, -0.15) is 5.12 Å². The van der Waals surface area contributed by atoms with Crippen molar-refractivity contribution >= 4 is 28.8 Å². The van der Waals surface area contributed by atoms with Crippen molar-refractivity contribution in [1.29, 1.82) is 0 Å². The summed E-state index contributed by atoms with van der Waals surface area (Å²) in [7, 11) is 3.15. The molecule has 10 heteroatoms. The Labute approximate surface area is 272 Å². The Morgan fingerprint density at radius 1 is 0.913 bits per heavy atom. The monoisotopic (exact) mass is 642 g/mol. The summed E-state index contributed by atoms with van der Waals surface area (Å²) in [4.78, 5) is 18.1. The fraction of sp³-hybridized carbons (Fsp3) is 0.222. The van der Waals surface area contributed by atoms with E-state index < -0.39 is 5.43 Å². The quantitative estimate of drug-likeness (QED) is 0.133. The average Bonchev–Trinajstić information content (AvgIpc) is 3.08. The van der Waals surface area contributed by atoms with Crippen molar-refractivity contribution in [3.8, 4) is 44.9 Å². The molecule has 1 atom stereocenters. The maximum atomic E-state index is 16.2.